The third kappa shape index (κ3) is 3.54. The van der Waals surface area contributed by atoms with Crippen LogP contribution in [0.5, 0.6) is 0 Å². The number of amides is 3. The summed E-state index contributed by atoms with van der Waals surface area (Å²) >= 11 is 0. The first-order valence-corrected chi connectivity index (χ1v) is 7.99. The van der Waals surface area contributed by atoms with Crippen LogP contribution in [0.15, 0.2) is 0 Å². The molecule has 116 valence electrons. The molecule has 3 amide bonds. The van der Waals surface area contributed by atoms with Crippen molar-refractivity contribution in [1.82, 2.24) is 15.5 Å². The van der Waals surface area contributed by atoms with Gasteiger partial charge in [-0.15, -0.1) is 0 Å². The second-order valence-electron chi connectivity index (χ2n) is 6.47. The number of likely N-dealkylation sites (tertiary alicyclic amines) is 1. The van der Waals surface area contributed by atoms with Crippen LogP contribution < -0.4 is 10.6 Å². The van der Waals surface area contributed by atoms with Gasteiger partial charge in [0, 0.05) is 37.9 Å². The molecule has 21 heavy (non-hydrogen) atoms. The molecular weight excluding hydrogens is 270 g/mol. The Bertz CT molecular complexity index is 441. The van der Waals surface area contributed by atoms with Gasteiger partial charge in [0.05, 0.1) is 6.04 Å². The van der Waals surface area contributed by atoms with Crippen molar-refractivity contribution in [2.75, 3.05) is 19.6 Å². The van der Waals surface area contributed by atoms with E-state index in [-0.39, 0.29) is 35.6 Å². The highest BCUT2D eigenvalue weighted by atomic mass is 16.2. The number of nitrogens with one attached hydrogen (secondary N) is 2. The van der Waals surface area contributed by atoms with Gasteiger partial charge in [0.1, 0.15) is 0 Å². The Morgan fingerprint density at radius 2 is 1.95 bits per heavy atom. The highest BCUT2D eigenvalue weighted by molar-refractivity contribution is 5.86. The van der Waals surface area contributed by atoms with Crippen LogP contribution in [0.2, 0.25) is 0 Å². The average Bonchev–Trinajstić information content (AvgIpc) is 3.23. The second kappa shape index (κ2) is 6.03. The van der Waals surface area contributed by atoms with Crippen molar-refractivity contribution in [3.05, 3.63) is 0 Å². The Hall–Kier alpha value is -1.59. The maximum absolute atomic E-state index is 12.2. The molecule has 6 heteroatoms. The van der Waals surface area contributed by atoms with Gasteiger partial charge in [0.25, 0.3) is 0 Å². The predicted octanol–water partition coefficient (Wildman–Crippen LogP) is 0.0298. The molecule has 0 spiro atoms. The van der Waals surface area contributed by atoms with Gasteiger partial charge in [-0.25, -0.2) is 0 Å². The van der Waals surface area contributed by atoms with E-state index in [0.29, 0.717) is 19.5 Å². The molecule has 2 heterocycles. The quantitative estimate of drug-likeness (QED) is 0.767. The molecular formula is C15H23N3O3. The fourth-order valence-corrected chi connectivity index (χ4v) is 2.98. The van der Waals surface area contributed by atoms with Crippen LogP contribution in [0.4, 0.5) is 0 Å². The van der Waals surface area contributed by atoms with Crippen LogP contribution >= 0.6 is 0 Å². The number of rotatable bonds is 4. The van der Waals surface area contributed by atoms with E-state index in [1.54, 1.807) is 4.90 Å². The van der Waals surface area contributed by atoms with Crippen LogP contribution in [0.25, 0.3) is 0 Å². The Kier molecular flexibility index (Phi) is 4.12. The molecule has 2 aliphatic heterocycles. The second-order valence-corrected chi connectivity index (χ2v) is 6.47. The van der Waals surface area contributed by atoms with E-state index < -0.39 is 0 Å². The maximum atomic E-state index is 12.2. The topological polar surface area (TPSA) is 78.5 Å². The first kappa shape index (κ1) is 14.4. The molecule has 0 aromatic heterocycles. The zero-order chi connectivity index (χ0) is 14.8. The normalized spacial score (nSPS) is 26.6. The van der Waals surface area contributed by atoms with E-state index in [2.05, 4.69) is 10.6 Å². The molecule has 1 aliphatic carbocycles. The van der Waals surface area contributed by atoms with Crippen molar-refractivity contribution >= 4 is 17.7 Å². The van der Waals surface area contributed by atoms with Gasteiger partial charge in [0.2, 0.25) is 17.7 Å². The summed E-state index contributed by atoms with van der Waals surface area (Å²) in [7, 11) is 0. The van der Waals surface area contributed by atoms with Crippen molar-refractivity contribution < 1.29 is 14.4 Å². The Morgan fingerprint density at radius 3 is 2.67 bits per heavy atom. The third-order valence-corrected chi connectivity index (χ3v) is 4.60. The largest absolute Gasteiger partial charge is 0.356 e. The van der Waals surface area contributed by atoms with Crippen LogP contribution in [-0.2, 0) is 14.4 Å². The summed E-state index contributed by atoms with van der Waals surface area (Å²) in [6, 6.07) is 0.102. The Balaban J connectivity index is 1.40. The van der Waals surface area contributed by atoms with Crippen molar-refractivity contribution in [2.45, 2.75) is 44.6 Å². The SMILES string of the molecule is O=C1NCCCCC1CC(=O)N1CC(NC(=O)C2CC2)C1. The molecule has 1 unspecified atom stereocenters. The van der Waals surface area contributed by atoms with E-state index in [1.165, 1.54) is 0 Å². The number of hydrogen-bond donors (Lipinski definition) is 2. The lowest BCUT2D eigenvalue weighted by Crippen LogP contribution is -2.61. The van der Waals surface area contributed by atoms with Gasteiger partial charge < -0.3 is 15.5 Å². The van der Waals surface area contributed by atoms with Crippen LogP contribution in [0, 0.1) is 11.8 Å². The average molecular weight is 293 g/mol. The molecule has 0 aromatic rings. The summed E-state index contributed by atoms with van der Waals surface area (Å²) in [6.07, 6.45) is 5.09. The molecule has 0 radical (unpaired) electrons. The van der Waals surface area contributed by atoms with E-state index in [4.69, 9.17) is 0 Å². The standard InChI is InChI=1S/C15H23N3O3/c19-13(7-11-3-1-2-6-16-14(11)20)18-8-12(9-18)17-15(21)10-4-5-10/h10-12H,1-9H2,(H,16,20)(H,17,21). The van der Waals surface area contributed by atoms with Crippen LogP contribution in [0.3, 0.4) is 0 Å². The molecule has 6 nitrogen and oxygen atoms in total. The zero-order valence-electron chi connectivity index (χ0n) is 12.3. The summed E-state index contributed by atoms with van der Waals surface area (Å²) in [5.74, 6) is 0.216. The predicted molar refractivity (Wildman–Crippen MR) is 76.2 cm³/mol. The zero-order valence-corrected chi connectivity index (χ0v) is 12.3. The molecule has 3 aliphatic rings. The number of nitrogens with zero attached hydrogens (tertiary/aromatic N) is 1. The molecule has 3 rings (SSSR count). The summed E-state index contributed by atoms with van der Waals surface area (Å²) in [6.45, 7) is 1.90. The maximum Gasteiger partial charge on any atom is 0.223 e. The fourth-order valence-electron chi connectivity index (χ4n) is 2.98. The van der Waals surface area contributed by atoms with Crippen molar-refractivity contribution in [1.29, 1.82) is 0 Å². The minimum Gasteiger partial charge on any atom is -0.356 e. The van der Waals surface area contributed by atoms with E-state index in [0.717, 1.165) is 38.6 Å². The number of carbonyl (C=O) groups is 3. The summed E-state index contributed by atoms with van der Waals surface area (Å²) in [5, 5.41) is 5.84. The van der Waals surface area contributed by atoms with Crippen LogP contribution in [0.1, 0.15) is 38.5 Å². The lowest BCUT2D eigenvalue weighted by molar-refractivity contribution is -0.141. The Morgan fingerprint density at radius 1 is 1.19 bits per heavy atom. The van der Waals surface area contributed by atoms with Crippen molar-refractivity contribution in [2.24, 2.45) is 11.8 Å². The third-order valence-electron chi connectivity index (χ3n) is 4.60. The molecule has 0 aromatic carbocycles. The minimum atomic E-state index is -0.180. The molecule has 1 atom stereocenters. The molecule has 1 saturated carbocycles. The van der Waals surface area contributed by atoms with Gasteiger partial charge >= 0.3 is 0 Å². The minimum absolute atomic E-state index is 0.0139. The molecule has 2 saturated heterocycles. The number of carbonyl (C=O) groups excluding carboxylic acids is 3. The van der Waals surface area contributed by atoms with Gasteiger partial charge in [-0.05, 0) is 25.7 Å². The monoisotopic (exact) mass is 293 g/mol. The Labute approximate surface area is 124 Å². The smallest absolute Gasteiger partial charge is 0.223 e. The summed E-state index contributed by atoms with van der Waals surface area (Å²) < 4.78 is 0. The van der Waals surface area contributed by atoms with Gasteiger partial charge in [0.15, 0.2) is 0 Å². The van der Waals surface area contributed by atoms with Gasteiger partial charge in [-0.1, -0.05) is 6.42 Å². The lowest BCUT2D eigenvalue weighted by Gasteiger charge is -2.40. The van der Waals surface area contributed by atoms with E-state index in [1.807, 2.05) is 0 Å². The van der Waals surface area contributed by atoms with Crippen molar-refractivity contribution in [3.8, 4) is 0 Å². The number of hydrogen-bond acceptors (Lipinski definition) is 3. The summed E-state index contributed by atoms with van der Waals surface area (Å²) in [4.78, 5) is 37.4. The van der Waals surface area contributed by atoms with E-state index >= 15 is 0 Å². The lowest BCUT2D eigenvalue weighted by atomic mass is 9.97. The fraction of sp³-hybridized carbons (Fsp3) is 0.800. The highest BCUT2D eigenvalue weighted by Crippen LogP contribution is 2.29. The highest BCUT2D eigenvalue weighted by Gasteiger charge is 2.37. The summed E-state index contributed by atoms with van der Waals surface area (Å²) in [5.41, 5.74) is 0. The van der Waals surface area contributed by atoms with Crippen LogP contribution in [-0.4, -0.2) is 48.3 Å². The van der Waals surface area contributed by atoms with E-state index in [9.17, 15) is 14.4 Å². The first-order valence-electron chi connectivity index (χ1n) is 7.99. The van der Waals surface area contributed by atoms with Crippen molar-refractivity contribution in [3.63, 3.8) is 0 Å². The molecule has 3 fully saturated rings. The van der Waals surface area contributed by atoms with Gasteiger partial charge in [-0.2, -0.15) is 0 Å². The molecule has 0 bridgehead atoms. The first-order chi connectivity index (χ1) is 10.1. The molecule has 2 N–H and O–H groups in total. The van der Waals surface area contributed by atoms with Gasteiger partial charge in [-0.3, -0.25) is 14.4 Å².